The van der Waals surface area contributed by atoms with Crippen molar-refractivity contribution in [2.24, 2.45) is 7.05 Å². The molecule has 0 fully saturated rings. The zero-order valence-corrected chi connectivity index (χ0v) is 12.7. The standard InChI is InChI=1S/C14H13F3N4O3/c1-19(7-9-6-18-20(2)8-9)13(22)11-4-3-10(14(15,16)17)5-12(11)21(23)24/h3-6,8H,7H2,1-2H3. The van der Waals surface area contributed by atoms with Crippen LogP contribution in [-0.2, 0) is 19.8 Å². The quantitative estimate of drug-likeness (QED) is 0.632. The number of carbonyl (C=O) groups excluding carboxylic acids is 1. The second-order valence-electron chi connectivity index (χ2n) is 5.17. The molecule has 0 saturated carbocycles. The molecule has 0 bridgehead atoms. The Morgan fingerprint density at radius 2 is 2.08 bits per heavy atom. The van der Waals surface area contributed by atoms with E-state index in [1.807, 2.05) is 0 Å². The number of halogens is 3. The Balaban J connectivity index is 2.32. The molecule has 2 rings (SSSR count). The van der Waals surface area contributed by atoms with Gasteiger partial charge in [-0.1, -0.05) is 0 Å². The zero-order chi connectivity index (χ0) is 18.1. The third kappa shape index (κ3) is 3.70. The van der Waals surface area contributed by atoms with Crippen molar-refractivity contribution >= 4 is 11.6 Å². The predicted octanol–water partition coefficient (Wildman–Crippen LogP) is 2.62. The molecule has 0 unspecified atom stereocenters. The average Bonchev–Trinajstić information content (AvgIpc) is 2.89. The molecule has 0 atom stereocenters. The molecular weight excluding hydrogens is 329 g/mol. The second-order valence-corrected chi connectivity index (χ2v) is 5.17. The van der Waals surface area contributed by atoms with Gasteiger partial charge in [0.1, 0.15) is 5.56 Å². The van der Waals surface area contributed by atoms with Gasteiger partial charge < -0.3 is 4.90 Å². The topological polar surface area (TPSA) is 81.3 Å². The number of rotatable bonds is 4. The highest BCUT2D eigenvalue weighted by atomic mass is 19.4. The van der Waals surface area contributed by atoms with Crippen molar-refractivity contribution in [1.29, 1.82) is 0 Å². The van der Waals surface area contributed by atoms with Gasteiger partial charge in [0.2, 0.25) is 0 Å². The maximum absolute atomic E-state index is 12.7. The summed E-state index contributed by atoms with van der Waals surface area (Å²) < 4.78 is 39.6. The molecule has 1 aromatic heterocycles. The third-order valence-electron chi connectivity index (χ3n) is 3.28. The van der Waals surface area contributed by atoms with E-state index >= 15 is 0 Å². The number of benzene rings is 1. The molecule has 1 heterocycles. The lowest BCUT2D eigenvalue weighted by Gasteiger charge is -2.17. The molecule has 0 N–H and O–H groups in total. The lowest BCUT2D eigenvalue weighted by atomic mass is 10.1. The van der Waals surface area contributed by atoms with E-state index in [2.05, 4.69) is 5.10 Å². The molecule has 128 valence electrons. The minimum absolute atomic E-state index is 0.116. The summed E-state index contributed by atoms with van der Waals surface area (Å²) in [5, 5.41) is 15.0. The Morgan fingerprint density at radius 1 is 1.42 bits per heavy atom. The van der Waals surface area contributed by atoms with Crippen LogP contribution in [0.4, 0.5) is 18.9 Å². The predicted molar refractivity (Wildman–Crippen MR) is 77.1 cm³/mol. The monoisotopic (exact) mass is 342 g/mol. The summed E-state index contributed by atoms with van der Waals surface area (Å²) in [6, 6.07) is 1.84. The van der Waals surface area contributed by atoms with Gasteiger partial charge in [-0.25, -0.2) is 0 Å². The number of carbonyl (C=O) groups is 1. The van der Waals surface area contributed by atoms with Gasteiger partial charge in [0.05, 0.1) is 16.7 Å². The number of alkyl halides is 3. The van der Waals surface area contributed by atoms with E-state index in [9.17, 15) is 28.1 Å². The van der Waals surface area contributed by atoms with Crippen LogP contribution in [0, 0.1) is 10.1 Å². The van der Waals surface area contributed by atoms with Gasteiger partial charge in [-0.2, -0.15) is 18.3 Å². The minimum atomic E-state index is -4.73. The SMILES string of the molecule is CN(Cc1cnn(C)c1)C(=O)c1ccc(C(F)(F)F)cc1[N+](=O)[O-]. The molecule has 0 aliphatic carbocycles. The van der Waals surface area contributed by atoms with Gasteiger partial charge in [0, 0.05) is 38.5 Å². The lowest BCUT2D eigenvalue weighted by Crippen LogP contribution is -2.27. The van der Waals surface area contributed by atoms with Crippen molar-refractivity contribution in [2.75, 3.05) is 7.05 Å². The summed E-state index contributed by atoms with van der Waals surface area (Å²) in [6.45, 7) is 0.116. The number of hydrogen-bond donors (Lipinski definition) is 0. The van der Waals surface area contributed by atoms with Crippen LogP contribution in [0.2, 0.25) is 0 Å². The number of aromatic nitrogens is 2. The zero-order valence-electron chi connectivity index (χ0n) is 12.7. The first-order chi connectivity index (χ1) is 11.1. The molecule has 0 saturated heterocycles. The summed E-state index contributed by atoms with van der Waals surface area (Å²) >= 11 is 0. The normalized spacial score (nSPS) is 11.4. The van der Waals surface area contributed by atoms with Crippen molar-refractivity contribution in [3.8, 4) is 0 Å². The Bertz CT molecular complexity index is 786. The van der Waals surface area contributed by atoms with Gasteiger partial charge in [-0.15, -0.1) is 0 Å². The Kier molecular flexibility index (Phi) is 4.58. The van der Waals surface area contributed by atoms with E-state index in [1.165, 1.54) is 22.8 Å². The van der Waals surface area contributed by atoms with Gasteiger partial charge in [0.15, 0.2) is 0 Å². The number of amides is 1. The molecular formula is C14H13F3N4O3. The molecule has 0 aliphatic rings. The number of nitro benzene ring substituents is 1. The fraction of sp³-hybridized carbons (Fsp3) is 0.286. The van der Waals surface area contributed by atoms with E-state index in [4.69, 9.17) is 0 Å². The number of aryl methyl sites for hydroxylation is 1. The van der Waals surface area contributed by atoms with Crippen LogP contribution in [0.3, 0.4) is 0 Å². The number of nitrogens with zero attached hydrogens (tertiary/aromatic N) is 4. The lowest BCUT2D eigenvalue weighted by molar-refractivity contribution is -0.385. The molecule has 1 amide bonds. The van der Waals surface area contributed by atoms with Crippen LogP contribution in [0.15, 0.2) is 30.6 Å². The first-order valence-electron chi connectivity index (χ1n) is 6.68. The molecule has 2 aromatic rings. The van der Waals surface area contributed by atoms with Gasteiger partial charge in [0.25, 0.3) is 11.6 Å². The highest BCUT2D eigenvalue weighted by Crippen LogP contribution is 2.33. The summed E-state index contributed by atoms with van der Waals surface area (Å²) in [7, 11) is 3.09. The fourth-order valence-corrected chi connectivity index (χ4v) is 2.14. The minimum Gasteiger partial charge on any atom is -0.337 e. The highest BCUT2D eigenvalue weighted by molar-refractivity contribution is 5.98. The van der Waals surface area contributed by atoms with Crippen LogP contribution < -0.4 is 0 Å². The van der Waals surface area contributed by atoms with Crippen LogP contribution in [0.25, 0.3) is 0 Å². The van der Waals surface area contributed by atoms with E-state index in [1.54, 1.807) is 13.2 Å². The highest BCUT2D eigenvalue weighted by Gasteiger charge is 2.34. The summed E-state index contributed by atoms with van der Waals surface area (Å²) in [5.41, 5.74) is -1.78. The second kappa shape index (κ2) is 6.30. The number of nitro groups is 1. The largest absolute Gasteiger partial charge is 0.416 e. The van der Waals surface area contributed by atoms with Crippen LogP contribution in [-0.4, -0.2) is 32.6 Å². The maximum atomic E-state index is 12.7. The van der Waals surface area contributed by atoms with Crippen LogP contribution in [0.5, 0.6) is 0 Å². The van der Waals surface area contributed by atoms with Crippen molar-refractivity contribution in [3.05, 3.63) is 57.4 Å². The van der Waals surface area contributed by atoms with Crippen molar-refractivity contribution < 1.29 is 22.9 Å². The van der Waals surface area contributed by atoms with Crippen LogP contribution >= 0.6 is 0 Å². The molecule has 0 aliphatic heterocycles. The molecule has 7 nitrogen and oxygen atoms in total. The maximum Gasteiger partial charge on any atom is 0.416 e. The Labute approximate surface area is 134 Å². The van der Waals surface area contributed by atoms with E-state index in [-0.39, 0.29) is 6.54 Å². The van der Waals surface area contributed by atoms with Crippen molar-refractivity contribution in [1.82, 2.24) is 14.7 Å². The fourth-order valence-electron chi connectivity index (χ4n) is 2.14. The molecule has 24 heavy (non-hydrogen) atoms. The van der Waals surface area contributed by atoms with Crippen molar-refractivity contribution in [3.63, 3.8) is 0 Å². The molecule has 10 heteroatoms. The van der Waals surface area contributed by atoms with Gasteiger partial charge in [-0.3, -0.25) is 19.6 Å². The average molecular weight is 342 g/mol. The smallest absolute Gasteiger partial charge is 0.337 e. The van der Waals surface area contributed by atoms with Gasteiger partial charge >= 0.3 is 6.18 Å². The first kappa shape index (κ1) is 17.4. The summed E-state index contributed by atoms with van der Waals surface area (Å²) in [5.74, 6) is -0.751. The molecule has 0 radical (unpaired) electrons. The third-order valence-corrected chi connectivity index (χ3v) is 3.28. The Hall–Kier alpha value is -2.91. The summed E-state index contributed by atoms with van der Waals surface area (Å²) in [6.07, 6.45) is -1.55. The summed E-state index contributed by atoms with van der Waals surface area (Å²) in [4.78, 5) is 23.6. The van der Waals surface area contributed by atoms with E-state index in [0.29, 0.717) is 17.7 Å². The van der Waals surface area contributed by atoms with E-state index < -0.39 is 33.8 Å². The Morgan fingerprint density at radius 3 is 2.58 bits per heavy atom. The first-order valence-corrected chi connectivity index (χ1v) is 6.68. The van der Waals surface area contributed by atoms with Crippen LogP contribution in [0.1, 0.15) is 21.5 Å². The number of hydrogen-bond acceptors (Lipinski definition) is 4. The van der Waals surface area contributed by atoms with Gasteiger partial charge in [-0.05, 0) is 12.1 Å². The molecule has 0 spiro atoms. The van der Waals surface area contributed by atoms with E-state index in [0.717, 1.165) is 6.07 Å². The molecule has 1 aromatic carbocycles. The van der Waals surface area contributed by atoms with Crippen molar-refractivity contribution in [2.45, 2.75) is 12.7 Å².